The summed E-state index contributed by atoms with van der Waals surface area (Å²) in [5.74, 6) is -2.51. The molecule has 0 N–H and O–H groups in total. The molecule has 7 nitrogen and oxygen atoms in total. The van der Waals surface area contributed by atoms with Gasteiger partial charge in [0.15, 0.2) is 0 Å². The molecule has 1 unspecified atom stereocenters. The average molecular weight is 327 g/mol. The minimum Gasteiger partial charge on any atom is -0.465 e. The van der Waals surface area contributed by atoms with Gasteiger partial charge in [-0.3, -0.25) is 14.4 Å². The Bertz CT molecular complexity index is 432. The predicted molar refractivity (Wildman–Crippen MR) is 80.7 cm³/mol. The summed E-state index contributed by atoms with van der Waals surface area (Å²) in [6, 6.07) is 0. The van der Waals surface area contributed by atoms with Crippen LogP contribution in [0.2, 0.25) is 0 Å². The zero-order chi connectivity index (χ0) is 17.2. The lowest BCUT2D eigenvalue weighted by atomic mass is 9.98. The molecule has 23 heavy (non-hydrogen) atoms. The third-order valence-corrected chi connectivity index (χ3v) is 3.63. The molecule has 7 heteroatoms. The number of hydroxylamine groups is 2. The first kappa shape index (κ1) is 19.1. The second kappa shape index (κ2) is 9.97. The molecule has 1 aliphatic rings. The summed E-state index contributed by atoms with van der Waals surface area (Å²) < 4.78 is 5.11. The summed E-state index contributed by atoms with van der Waals surface area (Å²) in [5, 5.41) is 0.427. The summed E-state index contributed by atoms with van der Waals surface area (Å²) >= 11 is 0. The average Bonchev–Trinajstić information content (AvgIpc) is 2.82. The molecule has 1 heterocycles. The van der Waals surface area contributed by atoms with Crippen LogP contribution in [0, 0.1) is 5.92 Å². The predicted octanol–water partition coefficient (Wildman–Crippen LogP) is 2.13. The van der Waals surface area contributed by atoms with Crippen LogP contribution < -0.4 is 0 Å². The first-order valence-corrected chi connectivity index (χ1v) is 8.20. The smallest absolute Gasteiger partial charge is 0.344 e. The van der Waals surface area contributed by atoms with Gasteiger partial charge in [0.05, 0.1) is 6.61 Å². The number of ether oxygens (including phenoxy) is 1. The molecule has 0 aromatic carbocycles. The Labute approximate surface area is 136 Å². The number of unbranched alkanes of at least 4 members (excludes halogenated alkanes) is 1. The van der Waals surface area contributed by atoms with Crippen molar-refractivity contribution >= 4 is 23.8 Å². The van der Waals surface area contributed by atoms with Crippen LogP contribution in [0.4, 0.5) is 0 Å². The van der Waals surface area contributed by atoms with E-state index in [-0.39, 0.29) is 19.4 Å². The zero-order valence-corrected chi connectivity index (χ0v) is 13.8. The normalized spacial score (nSPS) is 15.7. The van der Waals surface area contributed by atoms with Crippen LogP contribution in [0.5, 0.6) is 0 Å². The summed E-state index contributed by atoms with van der Waals surface area (Å²) in [5.41, 5.74) is 0. The van der Waals surface area contributed by atoms with Crippen molar-refractivity contribution in [3.63, 3.8) is 0 Å². The van der Waals surface area contributed by atoms with Gasteiger partial charge < -0.3 is 9.57 Å². The SMILES string of the molecule is CCCCC(CCC)COC(=O)CC(=O)ON1C(=O)CCC1=O. The fourth-order valence-corrected chi connectivity index (χ4v) is 2.38. The Hall–Kier alpha value is -1.92. The number of esters is 1. The van der Waals surface area contributed by atoms with E-state index >= 15 is 0 Å². The van der Waals surface area contributed by atoms with Crippen LogP contribution in [0.3, 0.4) is 0 Å². The van der Waals surface area contributed by atoms with Crippen molar-refractivity contribution in [1.82, 2.24) is 5.06 Å². The van der Waals surface area contributed by atoms with Crippen molar-refractivity contribution in [2.75, 3.05) is 6.61 Å². The minimum absolute atomic E-state index is 0.0205. The van der Waals surface area contributed by atoms with E-state index in [1.807, 2.05) is 0 Å². The standard InChI is InChI=1S/C16H25NO6/c1-3-5-7-12(6-4-2)11-22-15(20)10-16(21)23-17-13(18)8-9-14(17)19/h12H,3-11H2,1-2H3. The Balaban J connectivity index is 2.32. The second-order valence-electron chi connectivity index (χ2n) is 5.70. The largest absolute Gasteiger partial charge is 0.465 e. The molecule has 0 spiro atoms. The number of hydrogen-bond donors (Lipinski definition) is 0. The molecule has 1 fully saturated rings. The van der Waals surface area contributed by atoms with Gasteiger partial charge in [0, 0.05) is 12.8 Å². The lowest BCUT2D eigenvalue weighted by Crippen LogP contribution is -2.33. The Morgan fingerprint density at radius 3 is 2.26 bits per heavy atom. The van der Waals surface area contributed by atoms with Crippen LogP contribution in [-0.2, 0) is 28.8 Å². The lowest BCUT2D eigenvalue weighted by Gasteiger charge is -2.16. The quantitative estimate of drug-likeness (QED) is 0.347. The highest BCUT2D eigenvalue weighted by atomic mass is 16.7. The van der Waals surface area contributed by atoms with Crippen molar-refractivity contribution in [2.24, 2.45) is 5.92 Å². The van der Waals surface area contributed by atoms with E-state index in [1.54, 1.807) is 0 Å². The van der Waals surface area contributed by atoms with Gasteiger partial charge in [-0.1, -0.05) is 33.1 Å². The fraction of sp³-hybridized carbons (Fsp3) is 0.750. The molecular formula is C16H25NO6. The van der Waals surface area contributed by atoms with E-state index in [4.69, 9.17) is 4.74 Å². The minimum atomic E-state index is -0.959. The number of carbonyl (C=O) groups is 4. The molecule has 1 rings (SSSR count). The molecule has 1 saturated heterocycles. The Morgan fingerprint density at radius 1 is 1.04 bits per heavy atom. The summed E-state index contributed by atoms with van der Waals surface area (Å²) in [6.07, 6.45) is 4.55. The van der Waals surface area contributed by atoms with Crippen molar-refractivity contribution in [3.05, 3.63) is 0 Å². The van der Waals surface area contributed by atoms with Gasteiger partial charge in [-0.05, 0) is 18.8 Å². The van der Waals surface area contributed by atoms with Crippen LogP contribution in [0.15, 0.2) is 0 Å². The summed E-state index contributed by atoms with van der Waals surface area (Å²) in [4.78, 5) is 50.5. The monoisotopic (exact) mass is 327 g/mol. The van der Waals surface area contributed by atoms with Gasteiger partial charge in [-0.25, -0.2) is 4.79 Å². The van der Waals surface area contributed by atoms with Crippen molar-refractivity contribution in [1.29, 1.82) is 0 Å². The lowest BCUT2D eigenvalue weighted by molar-refractivity contribution is -0.198. The third-order valence-electron chi connectivity index (χ3n) is 3.63. The van der Waals surface area contributed by atoms with Crippen molar-refractivity contribution < 1.29 is 28.8 Å². The highest BCUT2D eigenvalue weighted by Crippen LogP contribution is 2.16. The summed E-state index contributed by atoms with van der Waals surface area (Å²) in [6.45, 7) is 4.45. The van der Waals surface area contributed by atoms with Crippen LogP contribution in [0.25, 0.3) is 0 Å². The number of imide groups is 1. The first-order chi connectivity index (χ1) is 11.0. The number of amides is 2. The first-order valence-electron chi connectivity index (χ1n) is 8.20. The molecule has 1 atom stereocenters. The van der Waals surface area contributed by atoms with Crippen LogP contribution in [-0.4, -0.2) is 35.4 Å². The van der Waals surface area contributed by atoms with Crippen molar-refractivity contribution in [2.45, 2.75) is 65.2 Å². The van der Waals surface area contributed by atoms with Gasteiger partial charge >= 0.3 is 11.9 Å². The molecule has 0 aliphatic carbocycles. The Kier molecular flexibility index (Phi) is 8.29. The Morgan fingerprint density at radius 2 is 1.70 bits per heavy atom. The number of hydrogen-bond acceptors (Lipinski definition) is 6. The molecule has 0 saturated carbocycles. The maximum atomic E-state index is 11.7. The molecule has 0 aromatic rings. The highest BCUT2D eigenvalue weighted by molar-refractivity contribution is 6.02. The summed E-state index contributed by atoms with van der Waals surface area (Å²) in [7, 11) is 0. The van der Waals surface area contributed by atoms with E-state index in [0.29, 0.717) is 11.0 Å². The highest BCUT2D eigenvalue weighted by Gasteiger charge is 2.33. The molecule has 0 aromatic heterocycles. The van der Waals surface area contributed by atoms with E-state index in [9.17, 15) is 19.2 Å². The van der Waals surface area contributed by atoms with Crippen LogP contribution >= 0.6 is 0 Å². The third kappa shape index (κ3) is 6.80. The maximum absolute atomic E-state index is 11.7. The molecule has 2 amide bonds. The van der Waals surface area contributed by atoms with Crippen molar-refractivity contribution in [3.8, 4) is 0 Å². The molecule has 0 radical (unpaired) electrons. The van der Waals surface area contributed by atoms with E-state index < -0.39 is 30.2 Å². The van der Waals surface area contributed by atoms with Gasteiger partial charge in [-0.15, -0.1) is 5.06 Å². The molecule has 0 bridgehead atoms. The van der Waals surface area contributed by atoms with Gasteiger partial charge in [-0.2, -0.15) is 0 Å². The van der Waals surface area contributed by atoms with Gasteiger partial charge in [0.1, 0.15) is 6.42 Å². The fourth-order valence-electron chi connectivity index (χ4n) is 2.38. The molecule has 1 aliphatic heterocycles. The molecule has 130 valence electrons. The zero-order valence-electron chi connectivity index (χ0n) is 13.8. The topological polar surface area (TPSA) is 90.0 Å². The van der Waals surface area contributed by atoms with E-state index in [1.165, 1.54) is 0 Å². The second-order valence-corrected chi connectivity index (χ2v) is 5.70. The maximum Gasteiger partial charge on any atom is 0.344 e. The van der Waals surface area contributed by atoms with E-state index in [0.717, 1.165) is 32.1 Å². The molecular weight excluding hydrogens is 302 g/mol. The van der Waals surface area contributed by atoms with Crippen LogP contribution in [0.1, 0.15) is 65.2 Å². The number of carbonyl (C=O) groups excluding carboxylic acids is 4. The van der Waals surface area contributed by atoms with Gasteiger partial charge in [0.2, 0.25) is 0 Å². The number of nitrogens with zero attached hydrogens (tertiary/aromatic N) is 1. The number of rotatable bonds is 10. The van der Waals surface area contributed by atoms with Gasteiger partial charge in [0.25, 0.3) is 11.8 Å². The van der Waals surface area contributed by atoms with E-state index in [2.05, 4.69) is 18.7 Å².